The Bertz CT molecular complexity index is 2480. The fourth-order valence-corrected chi connectivity index (χ4v) is 9.47. The molecule has 4 aliphatic heterocycles. The number of aromatic amines is 2. The Morgan fingerprint density at radius 3 is 1.55 bits per heavy atom. The molecule has 0 unspecified atom stereocenters. The molecule has 2 aromatic carbocycles. The van der Waals surface area contributed by atoms with E-state index in [0.717, 1.165) is 93.2 Å². The summed E-state index contributed by atoms with van der Waals surface area (Å²) in [6.45, 7) is 12.9. The summed E-state index contributed by atoms with van der Waals surface area (Å²) in [5.74, 6) is 0.858. The maximum Gasteiger partial charge on any atom is 0.407 e. The van der Waals surface area contributed by atoms with Crippen molar-refractivity contribution in [2.75, 3.05) is 27.3 Å². The zero-order valence-electron chi connectivity index (χ0n) is 36.7. The highest BCUT2D eigenvalue weighted by atomic mass is 16.5. The molecule has 2 saturated heterocycles. The Balaban J connectivity index is 1.07. The van der Waals surface area contributed by atoms with Crippen molar-refractivity contribution in [2.45, 2.75) is 104 Å². The number of fused-ring (bicyclic) bond motifs is 2. The van der Waals surface area contributed by atoms with Crippen molar-refractivity contribution in [1.29, 1.82) is 0 Å². The molecule has 4 aromatic rings. The van der Waals surface area contributed by atoms with Crippen LogP contribution in [-0.4, -0.2) is 105 Å². The first-order valence-electron chi connectivity index (χ1n) is 21.6. The highest BCUT2D eigenvalue weighted by Gasteiger charge is 2.39. The summed E-state index contributed by atoms with van der Waals surface area (Å²) in [6, 6.07) is 6.58. The molecule has 0 radical (unpaired) electrons. The van der Waals surface area contributed by atoms with Crippen LogP contribution in [0.4, 0.5) is 21.0 Å². The number of rotatable bonds is 11. The molecule has 4 N–H and O–H groups in total. The largest absolute Gasteiger partial charge is 0.453 e. The van der Waals surface area contributed by atoms with Crippen LogP contribution in [0, 0.1) is 11.8 Å². The average molecular weight is 845 g/mol. The summed E-state index contributed by atoms with van der Waals surface area (Å²) in [5, 5.41) is 5.44. The highest BCUT2D eigenvalue weighted by Crippen LogP contribution is 2.48. The quantitative estimate of drug-likeness (QED) is 0.119. The summed E-state index contributed by atoms with van der Waals surface area (Å²) >= 11 is 0. The van der Waals surface area contributed by atoms with Crippen LogP contribution < -0.4 is 10.6 Å². The Labute approximate surface area is 361 Å². The summed E-state index contributed by atoms with van der Waals surface area (Å²) < 4.78 is 9.61. The molecule has 0 bridgehead atoms. The number of benzene rings is 2. The van der Waals surface area contributed by atoms with E-state index in [1.165, 1.54) is 14.2 Å². The van der Waals surface area contributed by atoms with Crippen molar-refractivity contribution in [3.8, 4) is 33.6 Å². The summed E-state index contributed by atoms with van der Waals surface area (Å²) in [6.07, 6.45) is 6.96. The lowest BCUT2D eigenvalue weighted by Crippen LogP contribution is -2.51. The molecule has 6 heterocycles. The second kappa shape index (κ2) is 17.2. The monoisotopic (exact) mass is 844 g/mol. The van der Waals surface area contributed by atoms with E-state index in [1.54, 1.807) is 0 Å². The fraction of sp³-hybridized carbons (Fsp3) is 0.478. The second-order valence-electron chi connectivity index (χ2n) is 17.5. The van der Waals surface area contributed by atoms with E-state index in [4.69, 9.17) is 29.4 Å². The Morgan fingerprint density at radius 1 is 0.645 bits per heavy atom. The highest BCUT2D eigenvalue weighted by molar-refractivity contribution is 6.04. The van der Waals surface area contributed by atoms with Gasteiger partial charge < -0.3 is 39.9 Å². The number of carbonyl (C=O) groups excluding carboxylic acids is 4. The topological polar surface area (TPSA) is 199 Å². The lowest BCUT2D eigenvalue weighted by molar-refractivity contribution is -0.136. The maximum absolute atomic E-state index is 13.8. The molecule has 4 amide bonds. The third kappa shape index (κ3) is 7.86. The Kier molecular flexibility index (Phi) is 11.8. The molecular weight excluding hydrogens is 789 g/mol. The number of aliphatic imine (C=N–C) groups is 2. The standard InChI is InChI=1S/C46H56N10O6/c1-23(2)37(53-45(59)61-7)43(57)55-17-9-11-35(55)41-47-21-33(51-41)28-14-15-29(39-32(28)20-26(6)49-39)27-13-16-30(40-31(27)19-25(5)50-40)34-22-48-42(52-34)36-12-10-18-56(36)44(58)38(24(3)4)54-46(60)62-8/h13-16,21-24,35-38H,9-12,17-20H2,1-8H3,(H,47,51)(H,48,52)(H,53,59)(H,54,60)/t35-,36-,37-,38-/m0/s1. The molecule has 0 aliphatic carbocycles. The van der Waals surface area contributed by atoms with Gasteiger partial charge in [0, 0.05) is 54.0 Å². The van der Waals surface area contributed by atoms with Gasteiger partial charge in [0.05, 0.1) is 61.5 Å². The molecule has 326 valence electrons. The van der Waals surface area contributed by atoms with E-state index in [0.29, 0.717) is 37.6 Å². The molecule has 0 spiro atoms. The van der Waals surface area contributed by atoms with Crippen molar-refractivity contribution in [3.05, 3.63) is 59.4 Å². The van der Waals surface area contributed by atoms with Gasteiger partial charge >= 0.3 is 12.2 Å². The number of imidazole rings is 2. The third-order valence-electron chi connectivity index (χ3n) is 12.6. The second-order valence-corrected chi connectivity index (χ2v) is 17.5. The number of nitrogens with one attached hydrogen (secondary N) is 4. The smallest absolute Gasteiger partial charge is 0.407 e. The van der Waals surface area contributed by atoms with E-state index in [9.17, 15) is 19.2 Å². The van der Waals surface area contributed by atoms with Crippen LogP contribution in [0.25, 0.3) is 33.6 Å². The van der Waals surface area contributed by atoms with E-state index in [-0.39, 0.29) is 35.7 Å². The number of ether oxygens (including phenoxy) is 2. The number of H-pyrrole nitrogens is 2. The zero-order chi connectivity index (χ0) is 44.0. The Hall–Kier alpha value is -6.32. The van der Waals surface area contributed by atoms with Gasteiger partial charge in [-0.1, -0.05) is 52.0 Å². The summed E-state index contributed by atoms with van der Waals surface area (Å²) in [4.78, 5) is 82.3. The Morgan fingerprint density at radius 2 is 1.06 bits per heavy atom. The van der Waals surface area contributed by atoms with Crippen molar-refractivity contribution in [2.24, 2.45) is 21.8 Å². The number of nitrogens with zero attached hydrogens (tertiary/aromatic N) is 6. The van der Waals surface area contributed by atoms with Crippen molar-refractivity contribution in [3.63, 3.8) is 0 Å². The molecule has 16 nitrogen and oxygen atoms in total. The van der Waals surface area contributed by atoms with Gasteiger partial charge in [0.15, 0.2) is 0 Å². The predicted octanol–water partition coefficient (Wildman–Crippen LogP) is 7.52. The molecule has 16 heteroatoms. The number of amides is 4. The number of aromatic nitrogens is 4. The molecule has 8 rings (SSSR count). The van der Waals surface area contributed by atoms with Gasteiger partial charge in [-0.2, -0.15) is 0 Å². The molecule has 2 aromatic heterocycles. The number of hydrogen-bond acceptors (Lipinski definition) is 10. The number of carbonyl (C=O) groups is 4. The first kappa shape index (κ1) is 42.4. The fourth-order valence-electron chi connectivity index (χ4n) is 9.47. The minimum atomic E-state index is -0.715. The average Bonchev–Trinajstić information content (AvgIpc) is 4.11. The van der Waals surface area contributed by atoms with Crippen molar-refractivity contribution in [1.82, 2.24) is 40.4 Å². The van der Waals surface area contributed by atoms with Gasteiger partial charge in [-0.05, 0) is 68.1 Å². The van der Waals surface area contributed by atoms with Gasteiger partial charge in [-0.3, -0.25) is 19.6 Å². The minimum Gasteiger partial charge on any atom is -0.453 e. The number of methoxy groups -OCH3 is 2. The van der Waals surface area contributed by atoms with Crippen LogP contribution in [0.3, 0.4) is 0 Å². The van der Waals surface area contributed by atoms with E-state index in [2.05, 4.69) is 51.8 Å². The summed E-state index contributed by atoms with van der Waals surface area (Å²) in [5.41, 5.74) is 11.8. The van der Waals surface area contributed by atoms with Crippen LogP contribution in [0.1, 0.15) is 102 Å². The maximum atomic E-state index is 13.8. The number of alkyl carbamates (subject to hydrolysis) is 2. The minimum absolute atomic E-state index is 0.125. The lowest BCUT2D eigenvalue weighted by Gasteiger charge is -2.30. The SMILES string of the molecule is COC(=O)N[C@H](C(=O)N1CCC[C@H]1c1ncc(-c2ccc(-c3ccc(-c4cnc([C@@H]5CCCN5C(=O)[C@@H](NC(=O)OC)C(C)C)[nH]4)c4c3CC(C)=N4)c3c2CC(C)=N3)[nH]1)C(C)C. The normalized spacial score (nSPS) is 19.0. The van der Waals surface area contributed by atoms with Crippen LogP contribution >= 0.6 is 0 Å². The van der Waals surface area contributed by atoms with Gasteiger partial charge in [0.25, 0.3) is 0 Å². The molecule has 4 aliphatic rings. The van der Waals surface area contributed by atoms with E-state index in [1.807, 2.05) is 56.8 Å². The van der Waals surface area contributed by atoms with Crippen LogP contribution in [0.2, 0.25) is 0 Å². The first-order chi connectivity index (χ1) is 29.8. The molecular formula is C46H56N10O6. The van der Waals surface area contributed by atoms with Crippen LogP contribution in [0.5, 0.6) is 0 Å². The van der Waals surface area contributed by atoms with Crippen LogP contribution in [0.15, 0.2) is 46.6 Å². The predicted molar refractivity (Wildman–Crippen MR) is 236 cm³/mol. The lowest BCUT2D eigenvalue weighted by atomic mass is 9.89. The summed E-state index contributed by atoms with van der Waals surface area (Å²) in [7, 11) is 2.59. The number of likely N-dealkylation sites (tertiary alicyclic amines) is 2. The molecule has 62 heavy (non-hydrogen) atoms. The molecule has 2 fully saturated rings. The van der Waals surface area contributed by atoms with Gasteiger partial charge in [-0.15, -0.1) is 0 Å². The molecule has 4 atom stereocenters. The van der Waals surface area contributed by atoms with E-state index >= 15 is 0 Å². The van der Waals surface area contributed by atoms with Gasteiger partial charge in [0.2, 0.25) is 11.8 Å². The zero-order valence-corrected chi connectivity index (χ0v) is 36.7. The van der Waals surface area contributed by atoms with Crippen molar-refractivity contribution < 1.29 is 28.7 Å². The van der Waals surface area contributed by atoms with E-state index < -0.39 is 24.3 Å². The third-order valence-corrected chi connectivity index (χ3v) is 12.6. The van der Waals surface area contributed by atoms with Gasteiger partial charge in [0.1, 0.15) is 23.7 Å². The van der Waals surface area contributed by atoms with Crippen LogP contribution in [-0.2, 0) is 31.9 Å². The molecule has 0 saturated carbocycles. The van der Waals surface area contributed by atoms with Crippen molar-refractivity contribution >= 4 is 46.8 Å². The number of hydrogen-bond donors (Lipinski definition) is 4. The first-order valence-corrected chi connectivity index (χ1v) is 21.6. The van der Waals surface area contributed by atoms with Gasteiger partial charge in [-0.25, -0.2) is 19.6 Å².